The van der Waals surface area contributed by atoms with Crippen molar-refractivity contribution in [1.82, 2.24) is 0 Å². The first-order chi connectivity index (χ1) is 8.35. The number of ether oxygens (including phenoxy) is 1. The van der Waals surface area contributed by atoms with E-state index in [1.54, 1.807) is 6.07 Å². The van der Waals surface area contributed by atoms with Crippen LogP contribution in [-0.4, -0.2) is 18.2 Å². The Bertz CT molecular complexity index is 520. The van der Waals surface area contributed by atoms with E-state index in [-0.39, 0.29) is 16.5 Å². The Kier molecular flexibility index (Phi) is 4.35. The van der Waals surface area contributed by atoms with Crippen LogP contribution in [0.4, 0.5) is 13.2 Å². The largest absolute Gasteiger partial charge is 0.495 e. The van der Waals surface area contributed by atoms with Crippen molar-refractivity contribution in [2.24, 2.45) is 0 Å². The zero-order valence-corrected chi connectivity index (χ0v) is 10.7. The topological polar surface area (TPSA) is 50.1 Å². The maximum absolute atomic E-state index is 12.8. The predicted molar refractivity (Wildman–Crippen MR) is 60.8 cm³/mol. The second kappa shape index (κ2) is 5.40. The number of benzene rings is 1. The lowest BCUT2D eigenvalue weighted by Gasteiger charge is -2.15. The number of methoxy groups -OCH3 is 1. The van der Waals surface area contributed by atoms with Gasteiger partial charge in [-0.05, 0) is 12.1 Å². The third kappa shape index (κ3) is 2.82. The quantitative estimate of drug-likeness (QED) is 0.634. The second-order valence-electron chi connectivity index (χ2n) is 3.27. The summed E-state index contributed by atoms with van der Waals surface area (Å²) in [6.07, 6.45) is -4.69. The summed E-state index contributed by atoms with van der Waals surface area (Å²) in [6, 6.07) is 3.32. The Balaban J connectivity index is 3.62. The number of nitrogens with zero attached hydrogens (tertiary/aromatic N) is 1. The van der Waals surface area contributed by atoms with Gasteiger partial charge in [0.1, 0.15) is 5.75 Å². The van der Waals surface area contributed by atoms with Crippen LogP contribution < -0.4 is 4.74 Å². The van der Waals surface area contributed by atoms with Crippen LogP contribution in [0.15, 0.2) is 12.1 Å². The molecule has 0 bridgehead atoms. The molecule has 18 heavy (non-hydrogen) atoms. The summed E-state index contributed by atoms with van der Waals surface area (Å²) in [5.74, 6) is -1.15. The van der Waals surface area contributed by atoms with Gasteiger partial charge in [0.05, 0.1) is 35.2 Å². The highest BCUT2D eigenvalue weighted by Gasteiger charge is 2.36. The number of ketones is 1. The van der Waals surface area contributed by atoms with Crippen molar-refractivity contribution < 1.29 is 22.7 Å². The van der Waals surface area contributed by atoms with Crippen LogP contribution in [0, 0.1) is 11.3 Å². The molecule has 0 aliphatic rings. The molecule has 0 heterocycles. The first-order valence-corrected chi connectivity index (χ1v) is 5.75. The standard InChI is InChI=1S/C11H7BrF3NO2/c1-18-10-7(9(17)4-12)2-6(5-16)3-8(10)11(13,14)15/h2-3H,4H2,1H3. The Hall–Kier alpha value is -1.55. The van der Waals surface area contributed by atoms with Crippen molar-refractivity contribution in [3.63, 3.8) is 0 Å². The van der Waals surface area contributed by atoms with Gasteiger partial charge >= 0.3 is 6.18 Å². The van der Waals surface area contributed by atoms with Gasteiger partial charge in [0.2, 0.25) is 0 Å². The number of carbonyl (C=O) groups is 1. The van der Waals surface area contributed by atoms with E-state index in [0.717, 1.165) is 13.2 Å². The van der Waals surface area contributed by atoms with Crippen molar-refractivity contribution in [3.05, 3.63) is 28.8 Å². The molecule has 0 aliphatic carbocycles. The van der Waals surface area contributed by atoms with E-state index in [0.29, 0.717) is 6.07 Å². The van der Waals surface area contributed by atoms with Crippen LogP contribution in [-0.2, 0) is 6.18 Å². The van der Waals surface area contributed by atoms with Crippen LogP contribution >= 0.6 is 15.9 Å². The predicted octanol–water partition coefficient (Wildman–Crippen LogP) is 3.16. The van der Waals surface area contributed by atoms with Gasteiger partial charge in [0.25, 0.3) is 0 Å². The first kappa shape index (κ1) is 14.5. The number of hydrogen-bond donors (Lipinski definition) is 0. The minimum Gasteiger partial charge on any atom is -0.495 e. The van der Waals surface area contributed by atoms with Crippen LogP contribution in [0.5, 0.6) is 5.75 Å². The summed E-state index contributed by atoms with van der Waals surface area (Å²) in [7, 11) is 1.04. The lowest BCUT2D eigenvalue weighted by atomic mass is 10.0. The molecule has 1 aromatic carbocycles. The normalized spacial score (nSPS) is 10.9. The van der Waals surface area contributed by atoms with Gasteiger partial charge in [0, 0.05) is 0 Å². The molecule has 7 heteroatoms. The van der Waals surface area contributed by atoms with Crippen molar-refractivity contribution in [2.45, 2.75) is 6.18 Å². The van der Waals surface area contributed by atoms with Crippen molar-refractivity contribution in [2.75, 3.05) is 12.4 Å². The van der Waals surface area contributed by atoms with E-state index in [1.807, 2.05) is 0 Å². The molecular formula is C11H7BrF3NO2. The highest BCUT2D eigenvalue weighted by Crippen LogP contribution is 2.39. The molecule has 0 radical (unpaired) electrons. The highest BCUT2D eigenvalue weighted by atomic mass is 79.9. The Labute approximate surface area is 109 Å². The lowest BCUT2D eigenvalue weighted by molar-refractivity contribution is -0.138. The second-order valence-corrected chi connectivity index (χ2v) is 3.83. The van der Waals surface area contributed by atoms with Gasteiger partial charge in [-0.15, -0.1) is 0 Å². The molecule has 0 aliphatic heterocycles. The molecule has 0 aromatic heterocycles. The third-order valence-electron chi connectivity index (χ3n) is 2.15. The number of rotatable bonds is 3. The van der Waals surface area contributed by atoms with Gasteiger partial charge in [-0.1, -0.05) is 15.9 Å². The van der Waals surface area contributed by atoms with E-state index in [2.05, 4.69) is 20.7 Å². The molecule has 0 unspecified atom stereocenters. The molecule has 0 atom stereocenters. The van der Waals surface area contributed by atoms with Gasteiger partial charge in [0.15, 0.2) is 5.78 Å². The molecule has 0 saturated carbocycles. The zero-order valence-electron chi connectivity index (χ0n) is 9.14. The first-order valence-electron chi connectivity index (χ1n) is 4.63. The average molecular weight is 322 g/mol. The fraction of sp³-hybridized carbons (Fsp3) is 0.273. The van der Waals surface area contributed by atoms with Crippen molar-refractivity contribution in [1.29, 1.82) is 5.26 Å². The molecule has 0 N–H and O–H groups in total. The Morgan fingerprint density at radius 2 is 2.11 bits per heavy atom. The van der Waals surface area contributed by atoms with E-state index in [1.165, 1.54) is 0 Å². The number of hydrogen-bond acceptors (Lipinski definition) is 3. The SMILES string of the molecule is COc1c(C(=O)CBr)cc(C#N)cc1C(F)(F)F. The zero-order chi connectivity index (χ0) is 13.9. The fourth-order valence-corrected chi connectivity index (χ4v) is 1.71. The van der Waals surface area contributed by atoms with Gasteiger partial charge in [-0.2, -0.15) is 18.4 Å². The summed E-state index contributed by atoms with van der Waals surface area (Å²) in [4.78, 5) is 11.5. The molecule has 3 nitrogen and oxygen atoms in total. The molecule has 0 spiro atoms. The molecule has 1 rings (SSSR count). The van der Waals surface area contributed by atoms with Crippen LogP contribution in [0.1, 0.15) is 21.5 Å². The van der Waals surface area contributed by atoms with Crippen LogP contribution in [0.2, 0.25) is 0 Å². The Morgan fingerprint density at radius 1 is 1.50 bits per heavy atom. The van der Waals surface area contributed by atoms with Gasteiger partial charge in [-0.25, -0.2) is 0 Å². The van der Waals surface area contributed by atoms with E-state index >= 15 is 0 Å². The summed E-state index contributed by atoms with van der Waals surface area (Å²) in [5, 5.41) is 8.53. The summed E-state index contributed by atoms with van der Waals surface area (Å²) >= 11 is 2.87. The molecule has 0 saturated heterocycles. The number of Topliss-reactive ketones (excluding diaryl/α,β-unsaturated/α-hetero) is 1. The molecule has 96 valence electrons. The van der Waals surface area contributed by atoms with Gasteiger partial charge < -0.3 is 4.74 Å². The molecule has 0 amide bonds. The van der Waals surface area contributed by atoms with E-state index in [9.17, 15) is 18.0 Å². The van der Waals surface area contributed by atoms with E-state index < -0.39 is 23.3 Å². The minimum atomic E-state index is -4.69. The fourth-order valence-electron chi connectivity index (χ4n) is 1.40. The number of carbonyl (C=O) groups excluding carboxylic acids is 1. The maximum Gasteiger partial charge on any atom is 0.420 e. The number of nitriles is 1. The van der Waals surface area contributed by atoms with Crippen molar-refractivity contribution in [3.8, 4) is 11.8 Å². The highest BCUT2D eigenvalue weighted by molar-refractivity contribution is 9.09. The Morgan fingerprint density at radius 3 is 2.50 bits per heavy atom. The number of alkyl halides is 4. The van der Waals surface area contributed by atoms with Crippen molar-refractivity contribution >= 4 is 21.7 Å². The van der Waals surface area contributed by atoms with Crippen LogP contribution in [0.3, 0.4) is 0 Å². The molecule has 1 aromatic rings. The van der Waals surface area contributed by atoms with Gasteiger partial charge in [-0.3, -0.25) is 4.79 Å². The maximum atomic E-state index is 12.8. The smallest absolute Gasteiger partial charge is 0.420 e. The van der Waals surface area contributed by atoms with E-state index in [4.69, 9.17) is 5.26 Å². The lowest BCUT2D eigenvalue weighted by Crippen LogP contribution is -2.13. The van der Waals surface area contributed by atoms with Crippen LogP contribution in [0.25, 0.3) is 0 Å². The summed E-state index contributed by atoms with van der Waals surface area (Å²) in [6.45, 7) is 0. The third-order valence-corrected chi connectivity index (χ3v) is 2.66. The number of halogens is 4. The minimum absolute atomic E-state index is 0.157. The average Bonchev–Trinajstić information content (AvgIpc) is 2.34. The molecule has 0 fully saturated rings. The monoisotopic (exact) mass is 321 g/mol. The molecular weight excluding hydrogens is 315 g/mol. The summed E-state index contributed by atoms with van der Waals surface area (Å²) < 4.78 is 43.0. The summed E-state index contributed by atoms with van der Waals surface area (Å²) in [5.41, 5.74) is -1.64.